The Labute approximate surface area is 215 Å². The van der Waals surface area contributed by atoms with Gasteiger partial charge in [-0.1, -0.05) is 27.7 Å². The van der Waals surface area contributed by atoms with E-state index in [0.717, 1.165) is 0 Å². The molecule has 0 bridgehead atoms. The van der Waals surface area contributed by atoms with E-state index < -0.39 is 50.7 Å². The Bertz CT molecular complexity index is 1180. The van der Waals surface area contributed by atoms with Gasteiger partial charge in [0, 0.05) is 6.42 Å². The van der Waals surface area contributed by atoms with Crippen LogP contribution in [0.5, 0.6) is 0 Å². The maximum absolute atomic E-state index is 13.5. The summed E-state index contributed by atoms with van der Waals surface area (Å²) in [6.07, 6.45) is -1.50. The van der Waals surface area contributed by atoms with Crippen LogP contribution in [0.25, 0.3) is 11.2 Å². The number of nitrogen functional groups attached to an aromatic ring is 1. The molecule has 0 saturated carbocycles. The van der Waals surface area contributed by atoms with E-state index in [9.17, 15) is 28.9 Å². The van der Waals surface area contributed by atoms with Crippen molar-refractivity contribution < 1.29 is 42.7 Å². The number of nitrogens with zero attached hydrogens (tertiary/aromatic N) is 4. The van der Waals surface area contributed by atoms with Gasteiger partial charge in [-0.05, 0) is 32.6 Å². The Morgan fingerprint density at radius 2 is 1.70 bits per heavy atom. The molecule has 1 aliphatic rings. The van der Waals surface area contributed by atoms with E-state index in [1.807, 2.05) is 0 Å². The standard InChI is InChI=1S/C21H37N5O9P2/c1-6-20(5,7-2)36(28,29)34-16-15(27)13(10-21(8-3,9-4)35-37(30,31)32)33-19(16)26-12-25-14-17(22)23-11-24-18(14)26/h11-13,15-16,19,27H,6-10H2,1-5H3,(H,28,29)(H2,22,23,24)(H2,30,31,32)/t13-,15+,16+,19-/m0/s1. The Hall–Kier alpha value is -1.47. The molecule has 0 radical (unpaired) electrons. The minimum atomic E-state index is -4.88. The third-order valence-corrected chi connectivity index (χ3v) is 10.8. The van der Waals surface area contributed by atoms with Crippen molar-refractivity contribution in [1.29, 1.82) is 0 Å². The Kier molecular flexibility index (Phi) is 8.90. The third kappa shape index (κ3) is 5.93. The van der Waals surface area contributed by atoms with Gasteiger partial charge in [0.25, 0.3) is 0 Å². The molecule has 6 N–H and O–H groups in total. The number of rotatable bonds is 12. The second-order valence-corrected chi connectivity index (χ2v) is 13.1. The second-order valence-electron chi connectivity index (χ2n) is 9.61. The Balaban J connectivity index is 2.06. The fourth-order valence-corrected chi connectivity index (χ4v) is 7.00. The number of fused-ring (bicyclic) bond motifs is 1. The molecule has 0 aliphatic carbocycles. The summed E-state index contributed by atoms with van der Waals surface area (Å²) in [5.74, 6) is 0.111. The Morgan fingerprint density at radius 1 is 1.08 bits per heavy atom. The number of phosphoric acid groups is 1. The zero-order valence-corrected chi connectivity index (χ0v) is 23.4. The maximum Gasteiger partial charge on any atom is 0.470 e. The van der Waals surface area contributed by atoms with Crippen molar-refractivity contribution in [2.45, 2.75) is 102 Å². The van der Waals surface area contributed by atoms with E-state index in [4.69, 9.17) is 19.5 Å². The predicted octanol–water partition coefficient (Wildman–Crippen LogP) is 2.87. The minimum Gasteiger partial charge on any atom is -0.387 e. The van der Waals surface area contributed by atoms with Crippen LogP contribution in [0.3, 0.4) is 0 Å². The molecule has 1 fully saturated rings. The largest absolute Gasteiger partial charge is 0.470 e. The van der Waals surface area contributed by atoms with Crippen LogP contribution in [0.4, 0.5) is 5.82 Å². The van der Waals surface area contributed by atoms with Crippen LogP contribution in [0, 0.1) is 0 Å². The maximum atomic E-state index is 13.5. The van der Waals surface area contributed by atoms with Crippen LogP contribution in [-0.4, -0.2) is 68.4 Å². The summed E-state index contributed by atoms with van der Waals surface area (Å²) in [6, 6.07) is 0. The van der Waals surface area contributed by atoms with Crippen LogP contribution in [0.15, 0.2) is 12.7 Å². The van der Waals surface area contributed by atoms with Crippen molar-refractivity contribution in [3.05, 3.63) is 12.7 Å². The van der Waals surface area contributed by atoms with E-state index in [2.05, 4.69) is 15.0 Å². The van der Waals surface area contributed by atoms with E-state index >= 15 is 0 Å². The summed E-state index contributed by atoms with van der Waals surface area (Å²) in [4.78, 5) is 42.3. The number of phosphoric ester groups is 1. The number of imidazole rings is 1. The van der Waals surface area contributed by atoms with Crippen molar-refractivity contribution >= 4 is 32.4 Å². The number of anilines is 1. The monoisotopic (exact) mass is 565 g/mol. The molecule has 37 heavy (non-hydrogen) atoms. The van der Waals surface area contributed by atoms with Crippen LogP contribution >= 0.6 is 15.4 Å². The van der Waals surface area contributed by atoms with Crippen molar-refractivity contribution in [3.63, 3.8) is 0 Å². The highest BCUT2D eigenvalue weighted by molar-refractivity contribution is 7.54. The van der Waals surface area contributed by atoms with Gasteiger partial charge in [-0.15, -0.1) is 0 Å². The molecule has 0 spiro atoms. The van der Waals surface area contributed by atoms with Gasteiger partial charge in [-0.2, -0.15) is 0 Å². The molecule has 0 aromatic carbocycles. The highest BCUT2D eigenvalue weighted by atomic mass is 31.2. The van der Waals surface area contributed by atoms with E-state index in [0.29, 0.717) is 12.8 Å². The van der Waals surface area contributed by atoms with Gasteiger partial charge >= 0.3 is 15.4 Å². The minimum absolute atomic E-state index is 0.111. The summed E-state index contributed by atoms with van der Waals surface area (Å²) in [6.45, 7) is 8.58. The van der Waals surface area contributed by atoms with Crippen molar-refractivity contribution in [1.82, 2.24) is 19.5 Å². The van der Waals surface area contributed by atoms with Gasteiger partial charge in [-0.25, -0.2) is 19.5 Å². The lowest BCUT2D eigenvalue weighted by Crippen LogP contribution is -2.41. The molecule has 5 atom stereocenters. The Morgan fingerprint density at radius 3 is 2.24 bits per heavy atom. The quantitative estimate of drug-likeness (QED) is 0.235. The predicted molar refractivity (Wildman–Crippen MR) is 134 cm³/mol. The average Bonchev–Trinajstić information content (AvgIpc) is 3.39. The first-order valence-corrected chi connectivity index (χ1v) is 15.3. The zero-order chi connectivity index (χ0) is 27.8. The molecule has 0 amide bonds. The van der Waals surface area contributed by atoms with E-state index in [-0.39, 0.29) is 36.2 Å². The third-order valence-electron chi connectivity index (χ3n) is 7.62. The first-order valence-electron chi connectivity index (χ1n) is 12.2. The molecular weight excluding hydrogens is 528 g/mol. The molecular formula is C21H37N5O9P2. The van der Waals surface area contributed by atoms with E-state index in [1.54, 1.807) is 34.6 Å². The second kappa shape index (κ2) is 11.0. The van der Waals surface area contributed by atoms with Crippen molar-refractivity contribution in [2.24, 2.45) is 0 Å². The number of aliphatic hydroxyl groups is 1. The van der Waals surface area contributed by atoms with Gasteiger partial charge in [0.1, 0.15) is 24.1 Å². The molecule has 1 unspecified atom stereocenters. The summed E-state index contributed by atoms with van der Waals surface area (Å²) in [5, 5.41) is 10.3. The molecule has 2 aromatic rings. The van der Waals surface area contributed by atoms with Crippen LogP contribution in [-0.2, 0) is 22.9 Å². The smallest absolute Gasteiger partial charge is 0.387 e. The van der Waals surface area contributed by atoms with Gasteiger partial charge in [0.15, 0.2) is 17.7 Å². The van der Waals surface area contributed by atoms with E-state index in [1.165, 1.54) is 17.2 Å². The first-order chi connectivity index (χ1) is 17.2. The number of aliphatic hydroxyl groups excluding tert-OH is 1. The molecule has 3 rings (SSSR count). The summed E-state index contributed by atoms with van der Waals surface area (Å²) < 4.78 is 43.7. The van der Waals surface area contributed by atoms with Gasteiger partial charge in [0.2, 0.25) is 0 Å². The lowest BCUT2D eigenvalue weighted by Gasteiger charge is -2.35. The number of hydrogen-bond acceptors (Lipinski definition) is 10. The number of hydrogen-bond donors (Lipinski definition) is 5. The topological polar surface area (TPSA) is 212 Å². The van der Waals surface area contributed by atoms with Crippen LogP contribution in [0.1, 0.15) is 73.0 Å². The van der Waals surface area contributed by atoms with Gasteiger partial charge in [-0.3, -0.25) is 18.2 Å². The van der Waals surface area contributed by atoms with Crippen molar-refractivity contribution in [2.75, 3.05) is 5.73 Å². The summed E-state index contributed by atoms with van der Waals surface area (Å²) >= 11 is 0. The summed E-state index contributed by atoms with van der Waals surface area (Å²) in [5.41, 5.74) is 5.09. The normalized spacial score (nSPS) is 25.0. The van der Waals surface area contributed by atoms with Gasteiger partial charge in [0.05, 0.1) is 23.2 Å². The summed E-state index contributed by atoms with van der Waals surface area (Å²) in [7, 11) is -9.20. The molecule has 210 valence electrons. The SMILES string of the molecule is CCC(CC)(C[C@@H]1O[C@H](n2cnc3c(N)ncnc32)[C@H](OP(=O)(O)C(C)(CC)CC)[C@@H]1O)OP(=O)(O)O. The highest BCUT2D eigenvalue weighted by Gasteiger charge is 2.54. The van der Waals surface area contributed by atoms with Crippen LogP contribution < -0.4 is 5.73 Å². The molecule has 14 nitrogen and oxygen atoms in total. The van der Waals surface area contributed by atoms with Crippen molar-refractivity contribution in [3.8, 4) is 0 Å². The molecule has 1 saturated heterocycles. The first kappa shape index (κ1) is 30.1. The number of nitrogens with two attached hydrogens (primary N) is 1. The fraction of sp³-hybridized carbons (Fsp3) is 0.762. The average molecular weight is 566 g/mol. The lowest BCUT2D eigenvalue weighted by atomic mass is 9.88. The molecule has 3 heterocycles. The lowest BCUT2D eigenvalue weighted by molar-refractivity contribution is -0.0743. The van der Waals surface area contributed by atoms with Crippen LogP contribution in [0.2, 0.25) is 0 Å². The molecule has 16 heteroatoms. The zero-order valence-electron chi connectivity index (χ0n) is 21.6. The number of ether oxygens (including phenoxy) is 1. The number of aromatic nitrogens is 4. The highest BCUT2D eigenvalue weighted by Crippen LogP contribution is 2.61. The molecule has 1 aliphatic heterocycles. The van der Waals surface area contributed by atoms with Gasteiger partial charge < -0.3 is 30.3 Å². The fourth-order valence-electron chi connectivity index (χ4n) is 4.55. The molecule has 2 aromatic heterocycles.